The van der Waals surface area contributed by atoms with E-state index in [4.69, 9.17) is 21.1 Å². The van der Waals surface area contributed by atoms with Gasteiger partial charge in [0, 0.05) is 42.2 Å². The van der Waals surface area contributed by atoms with Gasteiger partial charge in [-0.25, -0.2) is 13.6 Å². The molecule has 0 spiro atoms. The van der Waals surface area contributed by atoms with Crippen LogP contribution in [-0.2, 0) is 14.3 Å². The smallest absolute Gasteiger partial charge is 0.338 e. The lowest BCUT2D eigenvalue weighted by molar-refractivity contribution is -0.150. The zero-order chi connectivity index (χ0) is 25.3. The highest BCUT2D eigenvalue weighted by Gasteiger charge is 2.34. The predicted molar refractivity (Wildman–Crippen MR) is 132 cm³/mol. The van der Waals surface area contributed by atoms with Gasteiger partial charge in [-0.2, -0.15) is 0 Å². The van der Waals surface area contributed by atoms with E-state index in [-0.39, 0.29) is 17.5 Å². The average molecular weight is 504 g/mol. The first-order chi connectivity index (χ1) is 16.5. The van der Waals surface area contributed by atoms with E-state index in [9.17, 15) is 13.6 Å². The number of carbonyl (C=O) groups excluding carboxylic acids is 1. The first-order valence-electron chi connectivity index (χ1n) is 12.2. The Morgan fingerprint density at radius 2 is 2.00 bits per heavy atom. The third kappa shape index (κ3) is 6.58. The summed E-state index contributed by atoms with van der Waals surface area (Å²) in [7, 11) is 0. The second-order valence-corrected chi connectivity index (χ2v) is 11.0. The highest BCUT2D eigenvalue weighted by atomic mass is 35.5. The molecule has 4 rings (SSSR count). The third-order valence-corrected chi connectivity index (χ3v) is 6.67. The van der Waals surface area contributed by atoms with Gasteiger partial charge < -0.3 is 14.4 Å². The number of hydrogen-bond acceptors (Lipinski definition) is 4. The number of rotatable bonds is 6. The Bertz CT molecular complexity index is 1100. The fraction of sp³-hybridized carbons (Fsp3) is 0.536. The Morgan fingerprint density at radius 1 is 1.26 bits per heavy atom. The Kier molecular flexibility index (Phi) is 7.47. The third-order valence-electron chi connectivity index (χ3n) is 6.30. The number of alkyl halides is 2. The molecule has 0 aromatic carbocycles. The van der Waals surface area contributed by atoms with Crippen LogP contribution in [0.25, 0.3) is 0 Å². The van der Waals surface area contributed by atoms with E-state index >= 15 is 0 Å². The van der Waals surface area contributed by atoms with Crippen LogP contribution in [0, 0.1) is 17.8 Å². The summed E-state index contributed by atoms with van der Waals surface area (Å²) in [5, 5.41) is 0.444. The van der Waals surface area contributed by atoms with Gasteiger partial charge in [0.15, 0.2) is 11.9 Å². The van der Waals surface area contributed by atoms with Crippen molar-refractivity contribution in [2.75, 3.05) is 6.54 Å². The number of nitrogens with zero attached hydrogens (tertiary/aromatic N) is 1. The average Bonchev–Trinajstić information content (AvgIpc) is 3.60. The molecule has 2 unspecified atom stereocenters. The van der Waals surface area contributed by atoms with Gasteiger partial charge >= 0.3 is 5.97 Å². The monoisotopic (exact) mass is 503 g/mol. The summed E-state index contributed by atoms with van der Waals surface area (Å²) < 4.78 is 40.1. The van der Waals surface area contributed by atoms with E-state index in [0.29, 0.717) is 30.2 Å². The van der Waals surface area contributed by atoms with Gasteiger partial charge in [-0.15, -0.1) is 0 Å². The van der Waals surface area contributed by atoms with Gasteiger partial charge in [-0.1, -0.05) is 23.6 Å². The Morgan fingerprint density at radius 3 is 2.66 bits per heavy atom. The van der Waals surface area contributed by atoms with Crippen LogP contribution in [0.1, 0.15) is 59.8 Å². The zero-order valence-corrected chi connectivity index (χ0v) is 21.4. The van der Waals surface area contributed by atoms with E-state index in [0.717, 1.165) is 36.2 Å². The number of allylic oxidation sites excluding steroid dienone is 6. The molecule has 0 amide bonds. The molecular weight excluding hydrogens is 472 g/mol. The van der Waals surface area contributed by atoms with Crippen molar-refractivity contribution in [3.63, 3.8) is 0 Å². The van der Waals surface area contributed by atoms with Crippen molar-refractivity contribution in [3.05, 3.63) is 57.7 Å². The SMILES string of the molecule is C[C@@H]1CCC(OC2=C(C3CC3)C=C(C(=O)OC(C)(C)C)C(F)C#C2)=CN1CC1=CCC(F)C=C1Cl. The number of halogens is 3. The van der Waals surface area contributed by atoms with Crippen LogP contribution in [0.3, 0.4) is 0 Å². The molecule has 1 aliphatic heterocycles. The second kappa shape index (κ2) is 10.2. The van der Waals surface area contributed by atoms with Gasteiger partial charge in [0.1, 0.15) is 17.5 Å². The quantitative estimate of drug-likeness (QED) is 0.310. The minimum absolute atomic E-state index is 0.0855. The summed E-state index contributed by atoms with van der Waals surface area (Å²) in [5.41, 5.74) is 0.823. The lowest BCUT2D eigenvalue weighted by atomic mass is 10.0. The fourth-order valence-electron chi connectivity index (χ4n) is 4.19. The molecule has 1 heterocycles. The van der Waals surface area contributed by atoms with Gasteiger partial charge in [0.2, 0.25) is 0 Å². The van der Waals surface area contributed by atoms with Crippen LogP contribution in [0.4, 0.5) is 8.78 Å². The molecule has 3 aliphatic carbocycles. The summed E-state index contributed by atoms with van der Waals surface area (Å²) >= 11 is 6.28. The number of ether oxygens (including phenoxy) is 2. The van der Waals surface area contributed by atoms with E-state index in [1.54, 1.807) is 26.8 Å². The van der Waals surface area contributed by atoms with Crippen molar-refractivity contribution in [2.45, 2.75) is 83.8 Å². The maximum atomic E-state index is 14.9. The van der Waals surface area contributed by atoms with Crippen LogP contribution in [0.5, 0.6) is 0 Å². The van der Waals surface area contributed by atoms with Gasteiger partial charge in [-0.05, 0) is 76.5 Å². The highest BCUT2D eigenvalue weighted by molar-refractivity contribution is 6.32. The maximum absolute atomic E-state index is 14.9. The van der Waals surface area contributed by atoms with Gasteiger partial charge in [0.25, 0.3) is 0 Å². The van der Waals surface area contributed by atoms with Crippen LogP contribution in [0.15, 0.2) is 57.7 Å². The summed E-state index contributed by atoms with van der Waals surface area (Å²) in [6.07, 6.45) is 7.77. The molecule has 7 heteroatoms. The Labute approximate surface area is 211 Å². The molecule has 0 bridgehead atoms. The van der Waals surface area contributed by atoms with Crippen molar-refractivity contribution >= 4 is 17.6 Å². The van der Waals surface area contributed by atoms with E-state index in [2.05, 4.69) is 23.7 Å². The summed E-state index contributed by atoms with van der Waals surface area (Å²) in [5.74, 6) is 5.98. The number of carbonyl (C=O) groups is 1. The fourth-order valence-corrected chi connectivity index (χ4v) is 4.47. The Balaban J connectivity index is 1.57. The molecule has 1 fully saturated rings. The minimum atomic E-state index is -1.75. The molecule has 0 N–H and O–H groups in total. The summed E-state index contributed by atoms with van der Waals surface area (Å²) in [4.78, 5) is 14.8. The zero-order valence-electron chi connectivity index (χ0n) is 20.7. The first-order valence-corrected chi connectivity index (χ1v) is 12.6. The molecule has 188 valence electrons. The topological polar surface area (TPSA) is 38.8 Å². The van der Waals surface area contributed by atoms with E-state index < -0.39 is 23.9 Å². The lowest BCUT2D eigenvalue weighted by Crippen LogP contribution is -2.34. The largest absolute Gasteiger partial charge is 0.457 e. The van der Waals surface area contributed by atoms with Crippen molar-refractivity contribution in [1.82, 2.24) is 4.90 Å². The van der Waals surface area contributed by atoms with Gasteiger partial charge in [0.05, 0.1) is 5.57 Å². The molecule has 1 saturated carbocycles. The molecule has 0 aromatic heterocycles. The van der Waals surface area contributed by atoms with E-state index in [1.165, 1.54) is 6.08 Å². The van der Waals surface area contributed by atoms with E-state index in [1.807, 2.05) is 12.3 Å². The van der Waals surface area contributed by atoms with Crippen molar-refractivity contribution in [1.29, 1.82) is 0 Å². The second-order valence-electron chi connectivity index (χ2n) is 10.5. The summed E-state index contributed by atoms with van der Waals surface area (Å²) in [6.45, 7) is 7.91. The molecule has 0 saturated heterocycles. The van der Waals surface area contributed by atoms with Crippen molar-refractivity contribution in [3.8, 4) is 11.8 Å². The van der Waals surface area contributed by atoms with Crippen molar-refractivity contribution in [2.24, 2.45) is 5.92 Å². The molecule has 4 nitrogen and oxygen atoms in total. The molecule has 35 heavy (non-hydrogen) atoms. The normalized spacial score (nSPS) is 27.1. The molecular formula is C28H32ClF2NO3. The minimum Gasteiger partial charge on any atom is -0.457 e. The molecule has 4 aliphatic rings. The molecule has 0 aromatic rings. The molecule has 3 atom stereocenters. The molecule has 0 radical (unpaired) electrons. The Hall–Kier alpha value is -2.52. The van der Waals surface area contributed by atoms with Gasteiger partial charge in [-0.3, -0.25) is 0 Å². The standard InChI is InChI=1S/C28H32ClF2NO3/c1-17-5-10-21(16-32(17)15-19-8-9-20(30)13-24(19)29)34-26-12-11-25(31)23(14-22(26)18-6-7-18)27(33)35-28(2,3)4/h8,13-14,16-18,20,25H,5-7,9-10,15H2,1-4H3/t17-,20?,25?/m1/s1. The number of hydrogen-bond donors (Lipinski definition) is 0. The van der Waals surface area contributed by atoms with Crippen molar-refractivity contribution < 1.29 is 23.0 Å². The predicted octanol–water partition coefficient (Wildman–Crippen LogP) is 6.41. The van der Waals surface area contributed by atoms with Crippen LogP contribution in [-0.4, -0.2) is 41.4 Å². The summed E-state index contributed by atoms with van der Waals surface area (Å²) in [6, 6.07) is 0.252. The first kappa shape index (κ1) is 25.6. The van der Waals surface area contributed by atoms with Crippen LogP contribution >= 0.6 is 11.6 Å². The number of esters is 1. The lowest BCUT2D eigenvalue weighted by Gasteiger charge is -2.34. The highest BCUT2D eigenvalue weighted by Crippen LogP contribution is 2.41. The van der Waals surface area contributed by atoms with Crippen LogP contribution in [0.2, 0.25) is 0 Å². The van der Waals surface area contributed by atoms with Crippen LogP contribution < -0.4 is 0 Å². The maximum Gasteiger partial charge on any atom is 0.338 e.